The highest BCUT2D eigenvalue weighted by atomic mass is 32.2. The minimum absolute atomic E-state index is 0.0342. The Morgan fingerprint density at radius 3 is 2.15 bits per heavy atom. The Morgan fingerprint density at radius 2 is 1.56 bits per heavy atom. The molecule has 1 N–H and O–H groups in total. The van der Waals surface area contributed by atoms with Gasteiger partial charge in [0.05, 0.1) is 24.8 Å². The van der Waals surface area contributed by atoms with Gasteiger partial charge in [-0.2, -0.15) is 0 Å². The molecule has 0 aliphatic heterocycles. The third-order valence-corrected chi connectivity index (χ3v) is 8.67. The summed E-state index contributed by atoms with van der Waals surface area (Å²) in [7, 11) is -1.26. The van der Waals surface area contributed by atoms with Gasteiger partial charge in [0, 0.05) is 19.2 Å². The molecule has 3 aromatic rings. The zero-order valence-corrected chi connectivity index (χ0v) is 25.3. The van der Waals surface area contributed by atoms with Gasteiger partial charge < -0.3 is 19.7 Å². The Labute approximate surface area is 243 Å². The fourth-order valence-electron chi connectivity index (χ4n) is 4.53. The molecule has 220 valence electrons. The second-order valence-electron chi connectivity index (χ2n) is 9.63. The number of nitrogens with zero attached hydrogens (tertiary/aromatic N) is 2. The lowest BCUT2D eigenvalue weighted by molar-refractivity contribution is -0.140. The second-order valence-corrected chi connectivity index (χ2v) is 11.5. The first kappa shape index (κ1) is 31.5. The van der Waals surface area contributed by atoms with Crippen LogP contribution in [0.3, 0.4) is 0 Å². The number of sulfonamides is 1. The van der Waals surface area contributed by atoms with Crippen LogP contribution in [-0.2, 0) is 26.2 Å². The smallest absolute Gasteiger partial charge is 0.264 e. The summed E-state index contributed by atoms with van der Waals surface area (Å²) < 4.78 is 39.9. The molecule has 2 amide bonds. The van der Waals surface area contributed by atoms with Gasteiger partial charge in [-0.15, -0.1) is 0 Å². The number of hydrogen-bond acceptors (Lipinski definition) is 6. The van der Waals surface area contributed by atoms with Crippen LogP contribution in [0.15, 0.2) is 71.6 Å². The maximum absolute atomic E-state index is 14.1. The summed E-state index contributed by atoms with van der Waals surface area (Å²) in [5.41, 5.74) is 2.94. The fraction of sp³-hybridized carbons (Fsp3) is 0.355. The van der Waals surface area contributed by atoms with Gasteiger partial charge in [-0.05, 0) is 62.6 Å². The molecule has 10 heteroatoms. The van der Waals surface area contributed by atoms with Crippen molar-refractivity contribution in [3.8, 4) is 11.5 Å². The molecular weight excluding hydrogens is 542 g/mol. The third-order valence-electron chi connectivity index (χ3n) is 6.88. The Morgan fingerprint density at radius 1 is 0.902 bits per heavy atom. The average molecular weight is 582 g/mol. The van der Waals surface area contributed by atoms with E-state index in [0.29, 0.717) is 24.5 Å². The van der Waals surface area contributed by atoms with Crippen LogP contribution in [0.2, 0.25) is 0 Å². The lowest BCUT2D eigenvalue weighted by Crippen LogP contribution is -2.52. The van der Waals surface area contributed by atoms with Crippen molar-refractivity contribution in [3.05, 3.63) is 83.4 Å². The van der Waals surface area contributed by atoms with E-state index in [2.05, 4.69) is 5.32 Å². The number of ether oxygens (including phenoxy) is 2. The van der Waals surface area contributed by atoms with Gasteiger partial charge in [-0.3, -0.25) is 13.9 Å². The number of likely N-dealkylation sites (N-methyl/N-ethyl adjacent to an activating group) is 1. The highest BCUT2D eigenvalue weighted by Gasteiger charge is 2.34. The van der Waals surface area contributed by atoms with Crippen molar-refractivity contribution in [1.82, 2.24) is 10.2 Å². The minimum atomic E-state index is -4.20. The predicted octanol–water partition coefficient (Wildman–Crippen LogP) is 4.46. The van der Waals surface area contributed by atoms with Gasteiger partial charge in [0.15, 0.2) is 11.5 Å². The van der Waals surface area contributed by atoms with Crippen LogP contribution in [-0.4, -0.2) is 58.5 Å². The predicted molar refractivity (Wildman–Crippen MR) is 160 cm³/mol. The van der Waals surface area contributed by atoms with E-state index >= 15 is 0 Å². The van der Waals surface area contributed by atoms with Crippen LogP contribution < -0.4 is 19.1 Å². The lowest BCUT2D eigenvalue weighted by atomic mass is 10.1. The number of aryl methyl sites for hydroxylation is 2. The lowest BCUT2D eigenvalue weighted by Gasteiger charge is -2.33. The van der Waals surface area contributed by atoms with E-state index in [1.165, 1.54) is 37.3 Å². The van der Waals surface area contributed by atoms with Crippen molar-refractivity contribution < 1.29 is 27.5 Å². The van der Waals surface area contributed by atoms with Gasteiger partial charge in [0.2, 0.25) is 11.8 Å². The molecule has 0 radical (unpaired) electrons. The molecule has 0 aliphatic carbocycles. The number of amides is 2. The highest BCUT2D eigenvalue weighted by molar-refractivity contribution is 7.92. The quantitative estimate of drug-likeness (QED) is 0.320. The molecule has 0 heterocycles. The van der Waals surface area contributed by atoms with Crippen LogP contribution in [0.5, 0.6) is 11.5 Å². The molecule has 0 aromatic heterocycles. The largest absolute Gasteiger partial charge is 0.493 e. The first-order valence-electron chi connectivity index (χ1n) is 13.5. The Bertz CT molecular complexity index is 1460. The number of anilines is 1. The van der Waals surface area contributed by atoms with E-state index < -0.39 is 28.5 Å². The number of nitrogens with one attached hydrogen (secondary N) is 1. The van der Waals surface area contributed by atoms with Gasteiger partial charge in [0.1, 0.15) is 12.6 Å². The second kappa shape index (κ2) is 14.0. The molecule has 0 aliphatic rings. The number of hydrogen-bond donors (Lipinski definition) is 1. The number of carbonyl (C=O) groups excluding carboxylic acids is 2. The third kappa shape index (κ3) is 7.38. The van der Waals surface area contributed by atoms with Crippen molar-refractivity contribution in [1.29, 1.82) is 0 Å². The van der Waals surface area contributed by atoms with Crippen molar-refractivity contribution in [3.63, 3.8) is 0 Å². The van der Waals surface area contributed by atoms with Gasteiger partial charge in [-0.1, -0.05) is 48.9 Å². The molecule has 0 spiro atoms. The molecule has 0 saturated carbocycles. The molecule has 41 heavy (non-hydrogen) atoms. The summed E-state index contributed by atoms with van der Waals surface area (Å²) in [6.45, 7) is 7.45. The van der Waals surface area contributed by atoms with Crippen LogP contribution in [0.25, 0.3) is 0 Å². The van der Waals surface area contributed by atoms with Crippen molar-refractivity contribution in [2.24, 2.45) is 0 Å². The SMILES string of the molecule is CCNC(=O)[C@@H](CC)N(Cc1ccccc1C)C(=O)CN(c1ccc(OC)c(OC)c1)S(=O)(=O)c1ccc(C)cc1. The standard InChI is InChI=1S/C31H39N3O6S/c1-7-27(31(36)32-8-2)33(20-24-12-10-9-11-23(24)4)30(35)21-34(25-15-18-28(39-5)29(19-25)40-6)41(37,38)26-16-13-22(3)14-17-26/h9-19,27H,7-8,20-21H2,1-6H3,(H,32,36)/t27-/m1/s1. The molecule has 1 atom stereocenters. The summed E-state index contributed by atoms with van der Waals surface area (Å²) in [6.07, 6.45) is 0.352. The van der Waals surface area contributed by atoms with Gasteiger partial charge in [-0.25, -0.2) is 8.42 Å². The monoisotopic (exact) mass is 581 g/mol. The number of benzene rings is 3. The van der Waals surface area contributed by atoms with E-state index in [1.807, 2.05) is 52.0 Å². The van der Waals surface area contributed by atoms with E-state index in [0.717, 1.165) is 21.0 Å². The van der Waals surface area contributed by atoms with Crippen molar-refractivity contribution >= 4 is 27.5 Å². The fourth-order valence-corrected chi connectivity index (χ4v) is 5.93. The summed E-state index contributed by atoms with van der Waals surface area (Å²) in [5.74, 6) is -0.0846. The molecule has 9 nitrogen and oxygen atoms in total. The van der Waals surface area contributed by atoms with Crippen LogP contribution in [0.4, 0.5) is 5.69 Å². The molecule has 0 unspecified atom stereocenters. The Hall–Kier alpha value is -4.05. The van der Waals surface area contributed by atoms with E-state index in [9.17, 15) is 18.0 Å². The van der Waals surface area contributed by atoms with Crippen molar-refractivity contribution in [2.75, 3.05) is 31.6 Å². The first-order chi connectivity index (χ1) is 19.6. The van der Waals surface area contributed by atoms with Crippen LogP contribution >= 0.6 is 0 Å². The Kier molecular flexibility index (Phi) is 10.8. The average Bonchev–Trinajstić information content (AvgIpc) is 2.96. The van der Waals surface area contributed by atoms with Crippen LogP contribution in [0.1, 0.15) is 37.0 Å². The zero-order chi connectivity index (χ0) is 30.2. The minimum Gasteiger partial charge on any atom is -0.493 e. The van der Waals surface area contributed by atoms with Gasteiger partial charge in [0.25, 0.3) is 10.0 Å². The molecule has 0 saturated heterocycles. The molecule has 3 rings (SSSR count). The van der Waals surface area contributed by atoms with E-state index in [4.69, 9.17) is 9.47 Å². The number of methoxy groups -OCH3 is 2. The Balaban J connectivity index is 2.13. The normalized spacial score (nSPS) is 11.9. The molecular formula is C31H39N3O6S. The number of rotatable bonds is 13. The van der Waals surface area contributed by atoms with Gasteiger partial charge >= 0.3 is 0 Å². The highest BCUT2D eigenvalue weighted by Crippen LogP contribution is 2.34. The van der Waals surface area contributed by atoms with Crippen LogP contribution in [0, 0.1) is 13.8 Å². The zero-order valence-electron chi connectivity index (χ0n) is 24.5. The maximum Gasteiger partial charge on any atom is 0.264 e. The van der Waals surface area contributed by atoms with Crippen molar-refractivity contribution in [2.45, 2.75) is 51.6 Å². The number of carbonyl (C=O) groups is 2. The summed E-state index contributed by atoms with van der Waals surface area (Å²) in [6, 6.07) is 17.9. The van der Waals surface area contributed by atoms with E-state index in [-0.39, 0.29) is 23.0 Å². The summed E-state index contributed by atoms with van der Waals surface area (Å²) >= 11 is 0. The summed E-state index contributed by atoms with van der Waals surface area (Å²) in [5, 5.41) is 2.81. The molecule has 0 bridgehead atoms. The topological polar surface area (TPSA) is 105 Å². The van der Waals surface area contributed by atoms with E-state index in [1.54, 1.807) is 24.3 Å². The first-order valence-corrected chi connectivity index (χ1v) is 14.9. The maximum atomic E-state index is 14.1. The molecule has 3 aromatic carbocycles. The molecule has 0 fully saturated rings. The summed E-state index contributed by atoms with van der Waals surface area (Å²) in [4.78, 5) is 28.7.